The SMILES string of the molecule is Cc1nc(N)c(Cl)c(C(F)(F)F)n1. The van der Waals surface area contributed by atoms with Crippen molar-refractivity contribution in [2.75, 3.05) is 5.73 Å². The number of anilines is 1. The molecule has 0 saturated heterocycles. The number of hydrogen-bond acceptors (Lipinski definition) is 3. The van der Waals surface area contributed by atoms with Gasteiger partial charge < -0.3 is 5.73 Å². The highest BCUT2D eigenvalue weighted by molar-refractivity contribution is 6.33. The predicted octanol–water partition coefficient (Wildman–Crippen LogP) is 2.04. The molecule has 0 spiro atoms. The topological polar surface area (TPSA) is 51.8 Å². The van der Waals surface area contributed by atoms with Crippen molar-refractivity contribution in [1.29, 1.82) is 0 Å². The summed E-state index contributed by atoms with van der Waals surface area (Å²) >= 11 is 5.28. The van der Waals surface area contributed by atoms with E-state index < -0.39 is 16.9 Å². The van der Waals surface area contributed by atoms with Crippen molar-refractivity contribution in [3.05, 3.63) is 16.5 Å². The summed E-state index contributed by atoms with van der Waals surface area (Å²) < 4.78 is 36.5. The summed E-state index contributed by atoms with van der Waals surface area (Å²) in [5.41, 5.74) is 3.94. The fraction of sp³-hybridized carbons (Fsp3) is 0.333. The van der Waals surface area contributed by atoms with Crippen molar-refractivity contribution < 1.29 is 13.2 Å². The first kappa shape index (κ1) is 10.0. The van der Waals surface area contributed by atoms with Crippen molar-refractivity contribution in [2.24, 2.45) is 0 Å². The van der Waals surface area contributed by atoms with Crippen LogP contribution in [-0.4, -0.2) is 9.97 Å². The summed E-state index contributed by atoms with van der Waals surface area (Å²) in [6.07, 6.45) is -4.60. The lowest BCUT2D eigenvalue weighted by Crippen LogP contribution is -2.12. The molecule has 0 unspecified atom stereocenters. The molecule has 0 radical (unpaired) electrons. The summed E-state index contributed by atoms with van der Waals surface area (Å²) in [5.74, 6) is -0.421. The van der Waals surface area contributed by atoms with Gasteiger partial charge >= 0.3 is 6.18 Å². The van der Waals surface area contributed by atoms with Gasteiger partial charge in [-0.1, -0.05) is 11.6 Å². The minimum Gasteiger partial charge on any atom is -0.382 e. The molecule has 1 rings (SSSR count). The number of hydrogen-bond donors (Lipinski definition) is 1. The van der Waals surface area contributed by atoms with Gasteiger partial charge in [0, 0.05) is 0 Å². The van der Waals surface area contributed by atoms with Gasteiger partial charge in [-0.05, 0) is 6.92 Å². The van der Waals surface area contributed by atoms with Gasteiger partial charge in [0.05, 0.1) is 0 Å². The number of nitrogen functional groups attached to an aromatic ring is 1. The molecule has 1 aromatic rings. The lowest BCUT2D eigenvalue weighted by molar-refractivity contribution is -0.141. The largest absolute Gasteiger partial charge is 0.435 e. The number of alkyl halides is 3. The molecule has 1 aromatic heterocycles. The van der Waals surface area contributed by atoms with E-state index in [9.17, 15) is 13.2 Å². The minimum absolute atomic E-state index is 0.0609. The van der Waals surface area contributed by atoms with Crippen LogP contribution in [0.15, 0.2) is 0 Å². The first-order valence-corrected chi connectivity index (χ1v) is 3.57. The van der Waals surface area contributed by atoms with Crippen LogP contribution in [0, 0.1) is 6.92 Å². The van der Waals surface area contributed by atoms with Gasteiger partial charge in [-0.2, -0.15) is 13.2 Å². The Bertz CT molecular complexity index is 337. The van der Waals surface area contributed by atoms with E-state index in [1.54, 1.807) is 0 Å². The molecular formula is C6H5ClF3N3. The highest BCUT2D eigenvalue weighted by Gasteiger charge is 2.36. The molecule has 7 heteroatoms. The van der Waals surface area contributed by atoms with Gasteiger partial charge in [0.25, 0.3) is 0 Å². The number of nitrogens with zero attached hydrogens (tertiary/aromatic N) is 2. The maximum atomic E-state index is 12.2. The minimum atomic E-state index is -4.60. The number of aryl methyl sites for hydroxylation is 1. The van der Waals surface area contributed by atoms with Crippen molar-refractivity contribution in [2.45, 2.75) is 13.1 Å². The molecule has 0 aliphatic carbocycles. The number of halogens is 4. The Morgan fingerprint density at radius 1 is 1.31 bits per heavy atom. The molecule has 0 saturated carbocycles. The van der Waals surface area contributed by atoms with Gasteiger partial charge in [0.15, 0.2) is 5.69 Å². The summed E-state index contributed by atoms with van der Waals surface area (Å²) in [4.78, 5) is 6.64. The normalized spacial score (nSPS) is 11.8. The van der Waals surface area contributed by atoms with Gasteiger partial charge in [0.1, 0.15) is 16.7 Å². The van der Waals surface area contributed by atoms with Crippen LogP contribution >= 0.6 is 11.6 Å². The molecule has 0 aliphatic rings. The molecule has 0 bridgehead atoms. The maximum absolute atomic E-state index is 12.2. The average molecular weight is 212 g/mol. The second kappa shape index (κ2) is 3.02. The number of rotatable bonds is 0. The standard InChI is InChI=1S/C6H5ClF3N3/c1-2-12-4(6(8,9)10)3(7)5(11)13-2/h1H3,(H2,11,12,13). The van der Waals surface area contributed by atoms with Crippen LogP contribution in [-0.2, 0) is 6.18 Å². The Morgan fingerprint density at radius 2 is 1.85 bits per heavy atom. The van der Waals surface area contributed by atoms with Crippen LogP contribution in [0.3, 0.4) is 0 Å². The molecule has 1 heterocycles. The quantitative estimate of drug-likeness (QED) is 0.715. The average Bonchev–Trinajstić information content (AvgIpc) is 1.94. The third-order valence-electron chi connectivity index (χ3n) is 1.26. The lowest BCUT2D eigenvalue weighted by Gasteiger charge is -2.09. The Morgan fingerprint density at radius 3 is 2.31 bits per heavy atom. The van der Waals surface area contributed by atoms with E-state index in [4.69, 9.17) is 17.3 Å². The van der Waals surface area contributed by atoms with E-state index in [1.165, 1.54) is 6.92 Å². The number of aromatic nitrogens is 2. The summed E-state index contributed by atoms with van der Waals surface area (Å²) in [5, 5.41) is -0.655. The predicted molar refractivity (Wildman–Crippen MR) is 41.2 cm³/mol. The fourth-order valence-electron chi connectivity index (χ4n) is 0.768. The van der Waals surface area contributed by atoms with Crippen LogP contribution < -0.4 is 5.73 Å². The van der Waals surface area contributed by atoms with E-state index in [2.05, 4.69) is 9.97 Å². The first-order chi connectivity index (χ1) is 5.82. The molecule has 72 valence electrons. The highest BCUT2D eigenvalue weighted by Crippen LogP contribution is 2.34. The van der Waals surface area contributed by atoms with Gasteiger partial charge in [-0.15, -0.1) is 0 Å². The van der Waals surface area contributed by atoms with Crippen LogP contribution in [0.4, 0.5) is 19.0 Å². The zero-order valence-corrected chi connectivity index (χ0v) is 7.24. The molecule has 0 atom stereocenters. The van der Waals surface area contributed by atoms with Crippen molar-refractivity contribution >= 4 is 17.4 Å². The molecule has 0 aromatic carbocycles. The zero-order valence-electron chi connectivity index (χ0n) is 6.48. The molecular weight excluding hydrogens is 207 g/mol. The van der Waals surface area contributed by atoms with E-state index in [1.807, 2.05) is 0 Å². The van der Waals surface area contributed by atoms with Crippen LogP contribution in [0.5, 0.6) is 0 Å². The van der Waals surface area contributed by atoms with E-state index in [0.29, 0.717) is 0 Å². The Kier molecular flexibility index (Phi) is 2.34. The smallest absolute Gasteiger partial charge is 0.382 e. The first-order valence-electron chi connectivity index (χ1n) is 3.19. The second-order valence-corrected chi connectivity index (χ2v) is 2.69. The van der Waals surface area contributed by atoms with E-state index in [-0.39, 0.29) is 11.6 Å². The number of nitrogens with two attached hydrogens (primary N) is 1. The lowest BCUT2D eigenvalue weighted by atomic mass is 10.3. The summed E-state index contributed by atoms with van der Waals surface area (Å²) in [7, 11) is 0. The van der Waals surface area contributed by atoms with Gasteiger partial charge in [0.2, 0.25) is 0 Å². The third-order valence-corrected chi connectivity index (χ3v) is 1.63. The zero-order chi connectivity index (χ0) is 10.2. The Labute approximate surface area is 76.7 Å². The monoisotopic (exact) mass is 211 g/mol. The molecule has 0 amide bonds. The summed E-state index contributed by atoms with van der Waals surface area (Å²) in [6.45, 7) is 1.31. The Balaban J connectivity index is 3.37. The van der Waals surface area contributed by atoms with Gasteiger partial charge in [-0.3, -0.25) is 0 Å². The third kappa shape index (κ3) is 2.00. The van der Waals surface area contributed by atoms with Crippen LogP contribution in [0.25, 0.3) is 0 Å². The van der Waals surface area contributed by atoms with Crippen molar-refractivity contribution in [1.82, 2.24) is 9.97 Å². The maximum Gasteiger partial charge on any atom is 0.435 e. The van der Waals surface area contributed by atoms with Gasteiger partial charge in [-0.25, -0.2) is 9.97 Å². The molecule has 0 aliphatic heterocycles. The highest BCUT2D eigenvalue weighted by atomic mass is 35.5. The summed E-state index contributed by atoms with van der Waals surface area (Å²) in [6, 6.07) is 0. The molecule has 2 N–H and O–H groups in total. The van der Waals surface area contributed by atoms with E-state index in [0.717, 1.165) is 0 Å². The Hall–Kier alpha value is -1.04. The molecule has 13 heavy (non-hydrogen) atoms. The van der Waals surface area contributed by atoms with E-state index >= 15 is 0 Å². The molecule has 3 nitrogen and oxygen atoms in total. The van der Waals surface area contributed by atoms with Crippen molar-refractivity contribution in [3.8, 4) is 0 Å². The molecule has 0 fully saturated rings. The second-order valence-electron chi connectivity index (χ2n) is 2.32. The fourth-order valence-corrected chi connectivity index (χ4v) is 0.960. The van der Waals surface area contributed by atoms with Crippen LogP contribution in [0.1, 0.15) is 11.5 Å². The van der Waals surface area contributed by atoms with Crippen LogP contribution in [0.2, 0.25) is 5.02 Å². The van der Waals surface area contributed by atoms with Crippen molar-refractivity contribution in [3.63, 3.8) is 0 Å².